The molecule has 0 spiro atoms. The first-order chi connectivity index (χ1) is 14.1. The molecule has 1 fully saturated rings. The Morgan fingerprint density at radius 3 is 2.90 bits per heavy atom. The van der Waals surface area contributed by atoms with Crippen LogP contribution in [0.2, 0.25) is 0 Å². The summed E-state index contributed by atoms with van der Waals surface area (Å²) < 4.78 is 10.3. The topological polar surface area (TPSA) is 87.2 Å². The van der Waals surface area contributed by atoms with Crippen LogP contribution < -0.4 is 4.74 Å². The van der Waals surface area contributed by atoms with Gasteiger partial charge in [-0.1, -0.05) is 12.1 Å². The summed E-state index contributed by atoms with van der Waals surface area (Å²) >= 11 is 0. The summed E-state index contributed by atoms with van der Waals surface area (Å²) in [4.78, 5) is 18.3. The average molecular weight is 399 g/mol. The van der Waals surface area contributed by atoms with E-state index in [2.05, 4.69) is 28.0 Å². The van der Waals surface area contributed by atoms with E-state index in [0.29, 0.717) is 6.42 Å². The molecule has 2 unspecified atom stereocenters. The molecule has 2 aliphatic heterocycles. The largest absolute Gasteiger partial charge is 0.497 e. The zero-order valence-corrected chi connectivity index (χ0v) is 17.3. The van der Waals surface area contributed by atoms with Crippen LogP contribution in [0.4, 0.5) is 0 Å². The highest BCUT2D eigenvalue weighted by atomic mass is 16.5. The molecule has 0 aliphatic carbocycles. The predicted octanol–water partition coefficient (Wildman–Crippen LogP) is 3.66. The van der Waals surface area contributed by atoms with Gasteiger partial charge in [0.25, 0.3) is 0 Å². The SMILES string of the molecule is CCC1(CC(=NO)C(=O)OC)CCCN2CCc3c([nH]c4cc(OC)ccc34)C21. The van der Waals surface area contributed by atoms with Gasteiger partial charge in [-0.05, 0) is 55.3 Å². The maximum Gasteiger partial charge on any atom is 0.355 e. The Morgan fingerprint density at radius 2 is 2.21 bits per heavy atom. The molecule has 29 heavy (non-hydrogen) atoms. The summed E-state index contributed by atoms with van der Waals surface area (Å²) in [6.07, 6.45) is 4.30. The molecule has 3 heterocycles. The van der Waals surface area contributed by atoms with E-state index in [1.54, 1.807) is 7.11 Å². The number of H-pyrrole nitrogens is 1. The molecule has 0 amide bonds. The summed E-state index contributed by atoms with van der Waals surface area (Å²) in [5.41, 5.74) is 3.55. The van der Waals surface area contributed by atoms with Gasteiger partial charge in [0.15, 0.2) is 5.71 Å². The van der Waals surface area contributed by atoms with Gasteiger partial charge in [0.05, 0.1) is 20.3 Å². The van der Waals surface area contributed by atoms with E-state index >= 15 is 0 Å². The number of fused-ring (bicyclic) bond motifs is 5. The van der Waals surface area contributed by atoms with Crippen LogP contribution in [0.3, 0.4) is 0 Å². The Balaban J connectivity index is 1.82. The van der Waals surface area contributed by atoms with Crippen LogP contribution in [0.1, 0.15) is 49.9 Å². The standard InChI is InChI=1S/C22H29N3O4/c1-4-22(13-18(24-27)21(26)29-3)9-5-10-25-11-8-16-15-7-6-14(28-2)12-17(15)23-19(16)20(22)25/h6-7,12,20,23,27H,4-5,8-11,13H2,1-3H3. The molecular formula is C22H29N3O4. The molecule has 0 saturated carbocycles. The number of hydrogen-bond donors (Lipinski definition) is 2. The van der Waals surface area contributed by atoms with Gasteiger partial charge < -0.3 is 19.7 Å². The van der Waals surface area contributed by atoms with E-state index in [-0.39, 0.29) is 17.2 Å². The number of methoxy groups -OCH3 is 2. The van der Waals surface area contributed by atoms with E-state index < -0.39 is 5.97 Å². The van der Waals surface area contributed by atoms with Crippen molar-refractivity contribution in [2.24, 2.45) is 10.6 Å². The fourth-order valence-electron chi connectivity index (χ4n) is 5.44. The van der Waals surface area contributed by atoms with Crippen LogP contribution in [-0.2, 0) is 16.0 Å². The number of ether oxygens (including phenoxy) is 2. The molecule has 2 aliphatic rings. The quantitative estimate of drug-likeness (QED) is 0.347. The first-order valence-electron chi connectivity index (χ1n) is 10.3. The van der Waals surface area contributed by atoms with E-state index in [0.717, 1.165) is 50.0 Å². The second-order valence-electron chi connectivity index (χ2n) is 8.15. The summed E-state index contributed by atoms with van der Waals surface area (Å²) in [6, 6.07) is 6.32. The Morgan fingerprint density at radius 1 is 1.38 bits per heavy atom. The number of aromatic amines is 1. The van der Waals surface area contributed by atoms with Gasteiger partial charge in [-0.25, -0.2) is 4.79 Å². The molecule has 7 heteroatoms. The van der Waals surface area contributed by atoms with Crippen molar-refractivity contribution >= 4 is 22.6 Å². The van der Waals surface area contributed by atoms with Gasteiger partial charge in [0.2, 0.25) is 0 Å². The smallest absolute Gasteiger partial charge is 0.355 e. The van der Waals surface area contributed by atoms with Crippen LogP contribution in [0.15, 0.2) is 23.4 Å². The third-order valence-corrected chi connectivity index (χ3v) is 6.90. The number of esters is 1. The third-order valence-electron chi connectivity index (χ3n) is 6.90. The van der Waals surface area contributed by atoms with Gasteiger partial charge in [0, 0.05) is 35.6 Å². The van der Waals surface area contributed by atoms with E-state index in [9.17, 15) is 10.0 Å². The molecule has 4 rings (SSSR count). The molecule has 1 aromatic heterocycles. The lowest BCUT2D eigenvalue weighted by Gasteiger charge is -2.52. The number of rotatable bonds is 5. The molecular weight excluding hydrogens is 370 g/mol. The zero-order chi connectivity index (χ0) is 20.6. The Bertz CT molecular complexity index is 951. The number of oxime groups is 1. The monoisotopic (exact) mass is 399 g/mol. The van der Waals surface area contributed by atoms with E-state index in [4.69, 9.17) is 9.47 Å². The molecule has 1 aromatic carbocycles. The maximum absolute atomic E-state index is 12.1. The molecule has 156 valence electrons. The molecule has 1 saturated heterocycles. The minimum Gasteiger partial charge on any atom is -0.497 e. The van der Waals surface area contributed by atoms with Crippen molar-refractivity contribution in [2.75, 3.05) is 27.3 Å². The molecule has 0 bridgehead atoms. The van der Waals surface area contributed by atoms with Gasteiger partial charge >= 0.3 is 5.97 Å². The maximum atomic E-state index is 12.1. The molecule has 7 nitrogen and oxygen atoms in total. The molecule has 2 atom stereocenters. The molecule has 2 aromatic rings. The average Bonchev–Trinajstić information content (AvgIpc) is 3.14. The summed E-state index contributed by atoms with van der Waals surface area (Å²) in [6.45, 7) is 4.19. The van der Waals surface area contributed by atoms with Crippen molar-refractivity contribution in [2.45, 2.75) is 45.1 Å². The highest BCUT2D eigenvalue weighted by Crippen LogP contribution is 2.53. The minimum atomic E-state index is -0.560. The van der Waals surface area contributed by atoms with Crippen LogP contribution in [0.25, 0.3) is 10.9 Å². The van der Waals surface area contributed by atoms with Crippen LogP contribution in [0, 0.1) is 5.41 Å². The number of aromatic nitrogens is 1. The number of carbonyl (C=O) groups is 1. The first-order valence-corrected chi connectivity index (χ1v) is 10.3. The van der Waals surface area contributed by atoms with Crippen molar-refractivity contribution in [1.29, 1.82) is 0 Å². The normalized spacial score (nSPS) is 24.8. The second kappa shape index (κ2) is 7.71. The lowest BCUT2D eigenvalue weighted by Crippen LogP contribution is -2.50. The highest BCUT2D eigenvalue weighted by Gasteiger charge is 2.48. The highest BCUT2D eigenvalue weighted by molar-refractivity contribution is 6.36. The van der Waals surface area contributed by atoms with Crippen LogP contribution >= 0.6 is 0 Å². The fraction of sp³-hybridized carbons (Fsp3) is 0.545. The van der Waals surface area contributed by atoms with Crippen LogP contribution in [0.5, 0.6) is 5.75 Å². The number of piperidine rings is 1. The molecule has 0 radical (unpaired) electrons. The Kier molecular flexibility index (Phi) is 5.25. The number of benzene rings is 1. The molecule has 2 N–H and O–H groups in total. The number of nitrogens with one attached hydrogen (secondary N) is 1. The fourth-order valence-corrected chi connectivity index (χ4v) is 5.44. The van der Waals surface area contributed by atoms with Crippen molar-refractivity contribution < 1.29 is 19.5 Å². The van der Waals surface area contributed by atoms with Crippen molar-refractivity contribution in [3.8, 4) is 5.75 Å². The summed E-state index contributed by atoms with van der Waals surface area (Å²) in [7, 11) is 3.00. The van der Waals surface area contributed by atoms with Crippen molar-refractivity contribution in [3.05, 3.63) is 29.5 Å². The van der Waals surface area contributed by atoms with Gasteiger partial charge in [-0.2, -0.15) is 0 Å². The lowest BCUT2D eigenvalue weighted by molar-refractivity contribution is -0.133. The number of hydrogen-bond acceptors (Lipinski definition) is 6. The number of carbonyl (C=O) groups excluding carboxylic acids is 1. The van der Waals surface area contributed by atoms with Crippen molar-refractivity contribution in [1.82, 2.24) is 9.88 Å². The second-order valence-corrected chi connectivity index (χ2v) is 8.15. The third kappa shape index (κ3) is 3.17. The summed E-state index contributed by atoms with van der Waals surface area (Å²) in [5, 5.41) is 14.0. The van der Waals surface area contributed by atoms with E-state index in [1.807, 2.05) is 12.1 Å². The number of nitrogens with zero attached hydrogens (tertiary/aromatic N) is 2. The lowest BCUT2D eigenvalue weighted by atomic mass is 9.65. The van der Waals surface area contributed by atoms with Crippen LogP contribution in [-0.4, -0.2) is 54.1 Å². The predicted molar refractivity (Wildman–Crippen MR) is 111 cm³/mol. The Hall–Kier alpha value is -2.54. The van der Waals surface area contributed by atoms with E-state index in [1.165, 1.54) is 23.8 Å². The first kappa shape index (κ1) is 19.8. The minimum absolute atomic E-state index is 0.0982. The van der Waals surface area contributed by atoms with Gasteiger partial charge in [0.1, 0.15) is 5.75 Å². The zero-order valence-electron chi connectivity index (χ0n) is 17.3. The van der Waals surface area contributed by atoms with Gasteiger partial charge in [-0.15, -0.1) is 0 Å². The van der Waals surface area contributed by atoms with Gasteiger partial charge in [-0.3, -0.25) is 4.90 Å². The summed E-state index contributed by atoms with van der Waals surface area (Å²) in [5.74, 6) is 0.272. The Labute approximate surface area is 170 Å². The van der Waals surface area contributed by atoms with Crippen molar-refractivity contribution in [3.63, 3.8) is 0 Å².